The van der Waals surface area contributed by atoms with E-state index in [2.05, 4.69) is 20.3 Å². The van der Waals surface area contributed by atoms with Gasteiger partial charge in [0.15, 0.2) is 11.4 Å². The van der Waals surface area contributed by atoms with Crippen molar-refractivity contribution in [2.75, 3.05) is 19.6 Å². The molecule has 1 aliphatic heterocycles. The van der Waals surface area contributed by atoms with Gasteiger partial charge in [-0.1, -0.05) is 22.9 Å². The van der Waals surface area contributed by atoms with Gasteiger partial charge in [-0.2, -0.15) is 0 Å². The summed E-state index contributed by atoms with van der Waals surface area (Å²) in [6, 6.07) is 0. The Morgan fingerprint density at radius 1 is 1.44 bits per heavy atom. The number of carbonyl (C=O) groups excluding carboxylic acids is 1. The first kappa shape index (κ1) is 20.2. The highest BCUT2D eigenvalue weighted by Crippen LogP contribution is 2.27. The van der Waals surface area contributed by atoms with Gasteiger partial charge in [-0.25, -0.2) is 19.7 Å². The lowest BCUT2D eigenvalue weighted by atomic mass is 9.97. The van der Waals surface area contributed by atoms with Gasteiger partial charge in [-0.05, 0) is 39.5 Å². The number of aromatic nitrogens is 3. The fourth-order valence-electron chi connectivity index (χ4n) is 2.87. The molecule has 0 saturated carbocycles. The standard InChI is InChI=1S/C17H24ClN5O3S/c1-17(2,3)26-16(25)23-6-4-10(5-7-23)8-19-13(24)15-22-11-12(18)20-9-21-14(11)27-15/h9-10,13,19,24H,4-8H2,1-3H3. The molecule has 2 N–H and O–H groups in total. The van der Waals surface area contributed by atoms with E-state index in [0.29, 0.717) is 40.9 Å². The molecule has 2 aromatic rings. The van der Waals surface area contributed by atoms with Crippen LogP contribution < -0.4 is 5.32 Å². The first-order valence-electron chi connectivity index (χ1n) is 8.89. The van der Waals surface area contributed by atoms with Crippen molar-refractivity contribution in [3.05, 3.63) is 16.5 Å². The number of hydrogen-bond donors (Lipinski definition) is 2. The van der Waals surface area contributed by atoms with E-state index in [4.69, 9.17) is 16.3 Å². The summed E-state index contributed by atoms with van der Waals surface area (Å²) in [4.78, 5) is 26.8. The Hall–Kier alpha value is -1.55. The highest BCUT2D eigenvalue weighted by Gasteiger charge is 2.27. The number of hydrogen-bond acceptors (Lipinski definition) is 8. The zero-order chi connectivity index (χ0) is 19.6. The summed E-state index contributed by atoms with van der Waals surface area (Å²) < 4.78 is 5.41. The number of fused-ring (bicyclic) bond motifs is 1. The van der Waals surface area contributed by atoms with Crippen LogP contribution in [0.25, 0.3) is 10.3 Å². The van der Waals surface area contributed by atoms with Crippen LogP contribution in [0.3, 0.4) is 0 Å². The zero-order valence-electron chi connectivity index (χ0n) is 15.6. The molecule has 0 bridgehead atoms. The molecular formula is C17H24ClN5O3S. The van der Waals surface area contributed by atoms with Crippen molar-refractivity contribution in [3.63, 3.8) is 0 Å². The summed E-state index contributed by atoms with van der Waals surface area (Å²) in [5.41, 5.74) is 0.0232. The summed E-state index contributed by atoms with van der Waals surface area (Å²) in [5, 5.41) is 14.3. The average Bonchev–Trinajstić information content (AvgIpc) is 3.04. The van der Waals surface area contributed by atoms with Crippen molar-refractivity contribution >= 4 is 39.4 Å². The van der Waals surface area contributed by atoms with Crippen molar-refractivity contribution in [3.8, 4) is 0 Å². The molecule has 148 valence electrons. The fraction of sp³-hybridized carbons (Fsp3) is 0.647. The van der Waals surface area contributed by atoms with Gasteiger partial charge >= 0.3 is 6.09 Å². The fourth-order valence-corrected chi connectivity index (χ4v) is 3.97. The van der Waals surface area contributed by atoms with Gasteiger partial charge in [0.1, 0.15) is 27.3 Å². The highest BCUT2D eigenvalue weighted by atomic mass is 35.5. The first-order chi connectivity index (χ1) is 12.7. The van der Waals surface area contributed by atoms with Crippen LogP contribution in [0.4, 0.5) is 4.79 Å². The molecule has 0 aromatic carbocycles. The van der Waals surface area contributed by atoms with Crippen LogP contribution in [0.2, 0.25) is 5.15 Å². The Morgan fingerprint density at radius 3 is 2.78 bits per heavy atom. The molecule has 0 spiro atoms. The molecule has 1 saturated heterocycles. The Labute approximate surface area is 166 Å². The van der Waals surface area contributed by atoms with E-state index >= 15 is 0 Å². The Morgan fingerprint density at radius 2 is 2.15 bits per heavy atom. The number of aliphatic hydroxyl groups excluding tert-OH is 1. The molecule has 10 heteroatoms. The number of likely N-dealkylation sites (tertiary alicyclic amines) is 1. The van der Waals surface area contributed by atoms with Gasteiger partial charge in [-0.3, -0.25) is 5.32 Å². The summed E-state index contributed by atoms with van der Waals surface area (Å²) in [6.07, 6.45) is 1.95. The third-order valence-electron chi connectivity index (χ3n) is 4.27. The van der Waals surface area contributed by atoms with E-state index < -0.39 is 11.8 Å². The third kappa shape index (κ3) is 5.25. The number of halogens is 1. The largest absolute Gasteiger partial charge is 0.444 e. The number of thiazole rings is 1. The molecule has 1 unspecified atom stereocenters. The van der Waals surface area contributed by atoms with Crippen molar-refractivity contribution < 1.29 is 14.6 Å². The van der Waals surface area contributed by atoms with Crippen molar-refractivity contribution in [1.82, 2.24) is 25.2 Å². The number of aliphatic hydroxyl groups is 1. The second kappa shape index (κ2) is 8.22. The Bertz CT molecular complexity index is 801. The van der Waals surface area contributed by atoms with Gasteiger partial charge in [0.05, 0.1) is 0 Å². The van der Waals surface area contributed by atoms with Crippen molar-refractivity contribution in [1.29, 1.82) is 0 Å². The van der Waals surface area contributed by atoms with Crippen molar-refractivity contribution in [2.24, 2.45) is 5.92 Å². The van der Waals surface area contributed by atoms with Crippen molar-refractivity contribution in [2.45, 2.75) is 45.4 Å². The second-order valence-corrected chi connectivity index (χ2v) is 8.96. The summed E-state index contributed by atoms with van der Waals surface area (Å²) in [5.74, 6) is 0.371. The Balaban J connectivity index is 1.48. The summed E-state index contributed by atoms with van der Waals surface area (Å²) >= 11 is 7.29. The number of ether oxygens (including phenoxy) is 1. The number of rotatable bonds is 4. The smallest absolute Gasteiger partial charge is 0.410 e. The molecule has 0 radical (unpaired) electrons. The molecule has 1 fully saturated rings. The third-order valence-corrected chi connectivity index (χ3v) is 5.56. The molecule has 27 heavy (non-hydrogen) atoms. The normalized spacial score (nSPS) is 17.3. The Kier molecular flexibility index (Phi) is 6.15. The molecular weight excluding hydrogens is 390 g/mol. The van der Waals surface area contributed by atoms with Gasteiger partial charge in [0.25, 0.3) is 0 Å². The van der Waals surface area contributed by atoms with E-state index in [0.717, 1.165) is 12.8 Å². The van der Waals surface area contributed by atoms with E-state index in [1.807, 2.05) is 20.8 Å². The molecule has 1 aliphatic rings. The molecule has 3 rings (SSSR count). The molecule has 2 aromatic heterocycles. The number of amides is 1. The van der Waals surface area contributed by atoms with E-state index in [1.54, 1.807) is 4.90 Å². The van der Waals surface area contributed by atoms with Gasteiger partial charge in [0, 0.05) is 19.6 Å². The van der Waals surface area contributed by atoms with Gasteiger partial charge in [0.2, 0.25) is 0 Å². The molecule has 1 atom stereocenters. The topological polar surface area (TPSA) is 100 Å². The van der Waals surface area contributed by atoms with E-state index in [-0.39, 0.29) is 11.2 Å². The number of carbonyl (C=O) groups is 1. The van der Waals surface area contributed by atoms with E-state index in [9.17, 15) is 9.90 Å². The van der Waals surface area contributed by atoms with E-state index in [1.165, 1.54) is 17.7 Å². The van der Waals surface area contributed by atoms with Gasteiger partial charge in [-0.15, -0.1) is 0 Å². The molecule has 0 aliphatic carbocycles. The average molecular weight is 414 g/mol. The predicted octanol–water partition coefficient (Wildman–Crippen LogP) is 2.97. The molecule has 3 heterocycles. The van der Waals surface area contributed by atoms with Crippen LogP contribution >= 0.6 is 22.9 Å². The minimum atomic E-state index is -0.885. The monoisotopic (exact) mass is 413 g/mol. The van der Waals surface area contributed by atoms with Gasteiger partial charge < -0.3 is 14.7 Å². The second-order valence-electron chi connectivity index (χ2n) is 7.59. The maximum atomic E-state index is 12.1. The predicted molar refractivity (Wildman–Crippen MR) is 104 cm³/mol. The first-order valence-corrected chi connectivity index (χ1v) is 10.1. The lowest BCUT2D eigenvalue weighted by Crippen LogP contribution is -2.43. The SMILES string of the molecule is CC(C)(C)OC(=O)N1CCC(CNC(O)c2nc3c(Cl)ncnc3s2)CC1. The quantitative estimate of drug-likeness (QED) is 0.587. The number of nitrogens with one attached hydrogen (secondary N) is 1. The maximum Gasteiger partial charge on any atom is 0.410 e. The number of nitrogens with zero attached hydrogens (tertiary/aromatic N) is 4. The zero-order valence-corrected chi connectivity index (χ0v) is 17.2. The van der Waals surface area contributed by atoms with Crippen LogP contribution in [0.1, 0.15) is 44.8 Å². The van der Waals surface area contributed by atoms with Crippen LogP contribution in [-0.4, -0.2) is 56.3 Å². The van der Waals surface area contributed by atoms with Crippen LogP contribution in [-0.2, 0) is 4.74 Å². The minimum Gasteiger partial charge on any atom is -0.444 e. The maximum absolute atomic E-state index is 12.1. The van der Waals surface area contributed by atoms with Crippen LogP contribution in [0.15, 0.2) is 6.33 Å². The number of piperidine rings is 1. The summed E-state index contributed by atoms with van der Waals surface area (Å²) in [7, 11) is 0. The highest BCUT2D eigenvalue weighted by molar-refractivity contribution is 7.18. The van der Waals surface area contributed by atoms with Crippen LogP contribution in [0, 0.1) is 5.92 Å². The lowest BCUT2D eigenvalue weighted by Gasteiger charge is -2.33. The molecule has 1 amide bonds. The lowest BCUT2D eigenvalue weighted by molar-refractivity contribution is 0.0176. The minimum absolute atomic E-state index is 0.263. The summed E-state index contributed by atoms with van der Waals surface area (Å²) in [6.45, 7) is 7.54. The van der Waals surface area contributed by atoms with Crippen LogP contribution in [0.5, 0.6) is 0 Å². The molecule has 8 nitrogen and oxygen atoms in total.